The molecule has 7 heteroatoms. The molecule has 1 amide bonds. The van der Waals surface area contributed by atoms with E-state index in [-0.39, 0.29) is 11.6 Å². The molecule has 2 aromatic rings. The van der Waals surface area contributed by atoms with Crippen molar-refractivity contribution in [1.29, 1.82) is 0 Å². The molecule has 1 aliphatic heterocycles. The van der Waals surface area contributed by atoms with Gasteiger partial charge in [0, 0.05) is 19.2 Å². The van der Waals surface area contributed by atoms with Gasteiger partial charge >= 0.3 is 0 Å². The molecule has 1 aliphatic rings. The molecule has 1 unspecified atom stereocenters. The van der Waals surface area contributed by atoms with Crippen molar-refractivity contribution in [2.45, 2.75) is 38.5 Å². The average Bonchev–Trinajstić information content (AvgIpc) is 3.08. The van der Waals surface area contributed by atoms with Gasteiger partial charge in [-0.2, -0.15) is 0 Å². The van der Waals surface area contributed by atoms with Crippen molar-refractivity contribution in [3.8, 4) is 0 Å². The molecule has 0 fully saturated rings. The normalized spacial score (nSPS) is 15.3. The number of imidazole rings is 1. The van der Waals surface area contributed by atoms with Gasteiger partial charge in [-0.25, -0.2) is 18.1 Å². The number of aryl methyl sites for hydroxylation is 2. The van der Waals surface area contributed by atoms with E-state index in [1.54, 1.807) is 30.5 Å². The number of nitrogens with zero attached hydrogens (tertiary/aromatic N) is 2. The van der Waals surface area contributed by atoms with E-state index in [4.69, 9.17) is 0 Å². The highest BCUT2D eigenvalue weighted by molar-refractivity contribution is 7.90. The average molecular weight is 347 g/mol. The van der Waals surface area contributed by atoms with Crippen LogP contribution in [0.15, 0.2) is 36.5 Å². The first-order valence-electron chi connectivity index (χ1n) is 8.05. The minimum atomic E-state index is -3.86. The van der Waals surface area contributed by atoms with Crippen molar-refractivity contribution in [1.82, 2.24) is 14.3 Å². The fraction of sp³-hybridized carbons (Fsp3) is 0.412. The lowest BCUT2D eigenvalue weighted by atomic mass is 10.0. The molecule has 3 rings (SSSR count). The third-order valence-electron chi connectivity index (χ3n) is 4.19. The van der Waals surface area contributed by atoms with Crippen LogP contribution < -0.4 is 4.72 Å². The molecule has 1 aromatic carbocycles. The van der Waals surface area contributed by atoms with Crippen LogP contribution in [0.2, 0.25) is 0 Å². The maximum absolute atomic E-state index is 12.8. The highest BCUT2D eigenvalue weighted by Gasteiger charge is 2.32. The first kappa shape index (κ1) is 16.7. The number of nitrogens with one attached hydrogen (secondary N) is 1. The molecule has 0 saturated carbocycles. The molecule has 0 radical (unpaired) electrons. The van der Waals surface area contributed by atoms with Gasteiger partial charge in [-0.1, -0.05) is 44.2 Å². The fourth-order valence-corrected chi connectivity index (χ4v) is 4.90. The summed E-state index contributed by atoms with van der Waals surface area (Å²) in [6.45, 7) is 4.47. The summed E-state index contributed by atoms with van der Waals surface area (Å²) in [5.74, 6) is -0.01000. The van der Waals surface area contributed by atoms with E-state index in [1.807, 2.05) is 24.5 Å². The molecular formula is C17H21N3O3S. The summed E-state index contributed by atoms with van der Waals surface area (Å²) in [6, 6.07) is 8.95. The molecule has 128 valence electrons. The summed E-state index contributed by atoms with van der Waals surface area (Å²) < 4.78 is 29.6. The maximum atomic E-state index is 12.8. The van der Waals surface area contributed by atoms with E-state index >= 15 is 0 Å². The Morgan fingerprint density at radius 1 is 1.25 bits per heavy atom. The summed E-state index contributed by atoms with van der Waals surface area (Å²) in [5, 5.41) is -0.794. The number of hydrogen-bond donors (Lipinski definition) is 1. The number of amides is 1. The van der Waals surface area contributed by atoms with Gasteiger partial charge in [0.2, 0.25) is 10.0 Å². The SMILES string of the molecule is CC(C)C(c1ccccc1)S(=O)(=O)NC(=O)c1cn2c(n1)CCC2. The molecule has 1 N–H and O–H groups in total. The molecule has 0 bridgehead atoms. The maximum Gasteiger partial charge on any atom is 0.284 e. The lowest BCUT2D eigenvalue weighted by Gasteiger charge is -2.21. The topological polar surface area (TPSA) is 81.1 Å². The van der Waals surface area contributed by atoms with E-state index in [2.05, 4.69) is 9.71 Å². The zero-order valence-corrected chi connectivity index (χ0v) is 14.6. The molecule has 0 aliphatic carbocycles. The van der Waals surface area contributed by atoms with Crippen molar-refractivity contribution in [2.24, 2.45) is 5.92 Å². The number of carbonyl (C=O) groups excluding carboxylic acids is 1. The zero-order valence-electron chi connectivity index (χ0n) is 13.8. The van der Waals surface area contributed by atoms with Gasteiger partial charge in [0.05, 0.1) is 0 Å². The van der Waals surface area contributed by atoms with Crippen LogP contribution >= 0.6 is 0 Å². The van der Waals surface area contributed by atoms with Crippen molar-refractivity contribution in [3.63, 3.8) is 0 Å². The Balaban J connectivity index is 1.84. The Kier molecular flexibility index (Phi) is 4.45. The number of benzene rings is 1. The third kappa shape index (κ3) is 3.21. The van der Waals surface area contributed by atoms with Crippen molar-refractivity contribution in [2.75, 3.05) is 0 Å². The van der Waals surface area contributed by atoms with Gasteiger partial charge in [0.15, 0.2) is 0 Å². The van der Waals surface area contributed by atoms with Crippen LogP contribution in [-0.4, -0.2) is 23.9 Å². The van der Waals surface area contributed by atoms with Gasteiger partial charge in [0.1, 0.15) is 16.8 Å². The second kappa shape index (κ2) is 6.39. The highest BCUT2D eigenvalue weighted by Crippen LogP contribution is 2.29. The molecule has 24 heavy (non-hydrogen) atoms. The van der Waals surface area contributed by atoms with Crippen LogP contribution in [0.3, 0.4) is 0 Å². The highest BCUT2D eigenvalue weighted by atomic mass is 32.2. The quantitative estimate of drug-likeness (QED) is 0.900. The van der Waals surface area contributed by atoms with Gasteiger partial charge in [-0.05, 0) is 17.9 Å². The van der Waals surface area contributed by atoms with Crippen molar-refractivity contribution in [3.05, 3.63) is 53.6 Å². The van der Waals surface area contributed by atoms with Crippen LogP contribution in [-0.2, 0) is 23.0 Å². The van der Waals surface area contributed by atoms with Crippen molar-refractivity contribution >= 4 is 15.9 Å². The van der Waals surface area contributed by atoms with E-state index in [9.17, 15) is 13.2 Å². The minimum Gasteiger partial charge on any atom is -0.334 e. The van der Waals surface area contributed by atoms with Crippen LogP contribution in [0.5, 0.6) is 0 Å². The predicted molar refractivity (Wildman–Crippen MR) is 91.0 cm³/mol. The summed E-state index contributed by atoms with van der Waals surface area (Å²) >= 11 is 0. The Labute approximate surface area is 142 Å². The van der Waals surface area contributed by atoms with Gasteiger partial charge in [-0.3, -0.25) is 4.79 Å². The molecule has 2 heterocycles. The van der Waals surface area contributed by atoms with Gasteiger partial charge in [0.25, 0.3) is 5.91 Å². The predicted octanol–water partition coefficient (Wildman–Crippen LogP) is 2.29. The zero-order chi connectivity index (χ0) is 17.3. The van der Waals surface area contributed by atoms with Gasteiger partial charge < -0.3 is 4.57 Å². The van der Waals surface area contributed by atoms with Crippen LogP contribution in [0.1, 0.15) is 47.4 Å². The molecule has 1 atom stereocenters. The number of hydrogen-bond acceptors (Lipinski definition) is 4. The number of fused-ring (bicyclic) bond motifs is 1. The monoisotopic (exact) mass is 347 g/mol. The van der Waals surface area contributed by atoms with E-state index in [1.165, 1.54) is 0 Å². The Morgan fingerprint density at radius 3 is 2.58 bits per heavy atom. The second-order valence-corrected chi connectivity index (χ2v) is 8.19. The molecule has 1 aromatic heterocycles. The minimum absolute atomic E-state index is 0.156. The smallest absolute Gasteiger partial charge is 0.284 e. The molecule has 0 spiro atoms. The first-order valence-corrected chi connectivity index (χ1v) is 9.60. The Hall–Kier alpha value is -2.15. The Bertz CT molecular complexity index is 820. The number of carbonyl (C=O) groups is 1. The van der Waals surface area contributed by atoms with E-state index in [0.29, 0.717) is 5.56 Å². The summed E-state index contributed by atoms with van der Waals surface area (Å²) in [5.41, 5.74) is 0.823. The number of sulfonamides is 1. The van der Waals surface area contributed by atoms with E-state index < -0.39 is 21.2 Å². The second-order valence-electron chi connectivity index (χ2n) is 6.39. The van der Waals surface area contributed by atoms with Crippen LogP contribution in [0.4, 0.5) is 0 Å². The molecular weight excluding hydrogens is 326 g/mol. The third-order valence-corrected chi connectivity index (χ3v) is 6.15. The lowest BCUT2D eigenvalue weighted by Crippen LogP contribution is -2.36. The van der Waals surface area contributed by atoms with Crippen molar-refractivity contribution < 1.29 is 13.2 Å². The summed E-state index contributed by atoms with van der Waals surface area (Å²) in [7, 11) is -3.86. The van der Waals surface area contributed by atoms with Crippen LogP contribution in [0.25, 0.3) is 0 Å². The summed E-state index contributed by atoms with van der Waals surface area (Å²) in [4.78, 5) is 16.6. The molecule has 0 saturated heterocycles. The number of aromatic nitrogens is 2. The first-order chi connectivity index (χ1) is 11.4. The van der Waals surface area contributed by atoms with Crippen LogP contribution in [0, 0.1) is 5.92 Å². The van der Waals surface area contributed by atoms with E-state index in [0.717, 1.165) is 25.2 Å². The lowest BCUT2D eigenvalue weighted by molar-refractivity contribution is 0.0976. The largest absolute Gasteiger partial charge is 0.334 e. The fourth-order valence-electron chi connectivity index (χ4n) is 3.17. The standard InChI is InChI=1S/C17H21N3O3S/c1-12(2)16(13-7-4-3-5-8-13)24(22,23)19-17(21)14-11-20-10-6-9-15(20)18-14/h3-5,7-8,11-12,16H,6,9-10H2,1-2H3,(H,19,21). The number of rotatable bonds is 5. The summed E-state index contributed by atoms with van der Waals surface area (Å²) in [6.07, 6.45) is 3.45. The molecule has 6 nitrogen and oxygen atoms in total. The van der Waals surface area contributed by atoms with Gasteiger partial charge in [-0.15, -0.1) is 0 Å². The Morgan fingerprint density at radius 2 is 1.96 bits per heavy atom.